The van der Waals surface area contributed by atoms with E-state index in [2.05, 4.69) is 39.5 Å². The summed E-state index contributed by atoms with van der Waals surface area (Å²) >= 11 is 1.75. The Bertz CT molecular complexity index is 733. The number of nitrogen functional groups attached to an aromatic ring is 1. The van der Waals surface area contributed by atoms with Crippen LogP contribution in [0.5, 0.6) is 0 Å². The van der Waals surface area contributed by atoms with Crippen molar-refractivity contribution < 1.29 is 0 Å². The lowest BCUT2D eigenvalue weighted by molar-refractivity contribution is 1.13. The largest absolute Gasteiger partial charge is 0.397 e. The smallest absolute Gasteiger partial charge is 0.133 e. The monoisotopic (exact) mass is 269 g/mol. The summed E-state index contributed by atoms with van der Waals surface area (Å²) in [5, 5.41) is 3.42. The Morgan fingerprint density at radius 2 is 2.05 bits per heavy atom. The highest BCUT2D eigenvalue weighted by molar-refractivity contribution is 7.17. The minimum Gasteiger partial charge on any atom is -0.397 e. The quantitative estimate of drug-likeness (QED) is 0.765. The van der Waals surface area contributed by atoms with Crippen molar-refractivity contribution in [2.45, 2.75) is 6.92 Å². The van der Waals surface area contributed by atoms with Crippen molar-refractivity contribution in [2.24, 2.45) is 0 Å². The van der Waals surface area contributed by atoms with Crippen molar-refractivity contribution in [3.05, 3.63) is 47.5 Å². The minimum atomic E-state index is 0.729. The lowest BCUT2D eigenvalue weighted by Crippen LogP contribution is -2.11. The van der Waals surface area contributed by atoms with Gasteiger partial charge in [0.05, 0.1) is 17.6 Å². The van der Waals surface area contributed by atoms with Gasteiger partial charge in [-0.25, -0.2) is 4.98 Å². The Balaban J connectivity index is 2.08. The van der Waals surface area contributed by atoms with Crippen LogP contribution in [0.2, 0.25) is 0 Å². The van der Waals surface area contributed by atoms with Gasteiger partial charge in [-0.05, 0) is 24.6 Å². The van der Waals surface area contributed by atoms with Crippen LogP contribution in [-0.4, -0.2) is 12.0 Å². The third kappa shape index (κ3) is 2.04. The summed E-state index contributed by atoms with van der Waals surface area (Å²) in [5.74, 6) is 0.912. The van der Waals surface area contributed by atoms with Gasteiger partial charge in [-0.3, -0.25) is 0 Å². The van der Waals surface area contributed by atoms with Crippen LogP contribution in [0.15, 0.2) is 41.9 Å². The molecular weight excluding hydrogens is 254 g/mol. The Morgan fingerprint density at radius 3 is 2.84 bits per heavy atom. The maximum atomic E-state index is 5.82. The fourth-order valence-corrected chi connectivity index (χ4v) is 3.06. The van der Waals surface area contributed by atoms with Gasteiger partial charge in [0, 0.05) is 22.5 Å². The first kappa shape index (κ1) is 12.0. The topological polar surface area (TPSA) is 42.2 Å². The summed E-state index contributed by atoms with van der Waals surface area (Å²) in [4.78, 5) is 6.51. The Kier molecular flexibility index (Phi) is 2.87. The number of aromatic nitrogens is 1. The second-order valence-electron chi connectivity index (χ2n) is 4.58. The predicted molar refractivity (Wildman–Crippen MR) is 83.3 cm³/mol. The van der Waals surface area contributed by atoms with E-state index in [1.165, 1.54) is 15.8 Å². The number of benzene rings is 1. The molecular formula is C15H15N3S. The van der Waals surface area contributed by atoms with Gasteiger partial charge in [0.2, 0.25) is 0 Å². The Hall–Kier alpha value is -2.07. The molecule has 0 atom stereocenters. The summed E-state index contributed by atoms with van der Waals surface area (Å²) in [5.41, 5.74) is 8.78. The summed E-state index contributed by atoms with van der Waals surface area (Å²) in [6.45, 7) is 2.00. The van der Waals surface area contributed by atoms with E-state index in [0.717, 1.165) is 17.1 Å². The zero-order chi connectivity index (χ0) is 13.4. The highest BCUT2D eigenvalue weighted by Gasteiger charge is 2.11. The van der Waals surface area contributed by atoms with Gasteiger partial charge in [-0.15, -0.1) is 11.3 Å². The second kappa shape index (κ2) is 4.55. The first-order chi connectivity index (χ1) is 9.16. The lowest BCUT2D eigenvalue weighted by Gasteiger charge is -2.18. The number of thiophene rings is 1. The van der Waals surface area contributed by atoms with Gasteiger partial charge in [0.15, 0.2) is 0 Å². The molecule has 0 spiro atoms. The molecule has 1 aromatic carbocycles. The van der Waals surface area contributed by atoms with Crippen molar-refractivity contribution >= 4 is 38.6 Å². The molecule has 0 unspecified atom stereocenters. The molecule has 3 nitrogen and oxygen atoms in total. The molecule has 0 saturated heterocycles. The van der Waals surface area contributed by atoms with E-state index in [9.17, 15) is 0 Å². The molecule has 3 aromatic rings. The van der Waals surface area contributed by atoms with E-state index in [1.54, 1.807) is 17.5 Å². The number of nitrogens with zero attached hydrogens (tertiary/aromatic N) is 2. The molecule has 0 bridgehead atoms. The van der Waals surface area contributed by atoms with Gasteiger partial charge in [-0.1, -0.05) is 18.2 Å². The first-order valence-corrected chi connectivity index (χ1v) is 6.97. The molecule has 19 heavy (non-hydrogen) atoms. The van der Waals surface area contributed by atoms with Crippen molar-refractivity contribution in [1.82, 2.24) is 4.98 Å². The van der Waals surface area contributed by atoms with Gasteiger partial charge >= 0.3 is 0 Å². The van der Waals surface area contributed by atoms with Crippen molar-refractivity contribution in [3.8, 4) is 0 Å². The molecule has 2 heterocycles. The van der Waals surface area contributed by atoms with E-state index in [-0.39, 0.29) is 0 Å². The van der Waals surface area contributed by atoms with Gasteiger partial charge < -0.3 is 10.6 Å². The number of fused-ring (bicyclic) bond motifs is 1. The van der Waals surface area contributed by atoms with Crippen LogP contribution in [-0.2, 0) is 0 Å². The first-order valence-electron chi connectivity index (χ1n) is 6.09. The van der Waals surface area contributed by atoms with E-state index in [1.807, 2.05) is 20.0 Å². The van der Waals surface area contributed by atoms with E-state index in [0.29, 0.717) is 0 Å². The average Bonchev–Trinajstić information content (AvgIpc) is 2.85. The van der Waals surface area contributed by atoms with Crippen molar-refractivity contribution in [1.29, 1.82) is 0 Å². The SMILES string of the molecule is Cc1cc(N(C)c2csc3ccccc23)ncc1N. The normalized spacial score (nSPS) is 10.8. The molecule has 0 aliphatic carbocycles. The zero-order valence-electron chi connectivity index (χ0n) is 10.9. The molecule has 0 saturated carbocycles. The number of hydrogen-bond donors (Lipinski definition) is 1. The fourth-order valence-electron chi connectivity index (χ4n) is 2.08. The molecule has 2 aromatic heterocycles. The molecule has 3 rings (SSSR count). The van der Waals surface area contributed by atoms with Crippen LogP contribution >= 0.6 is 11.3 Å². The van der Waals surface area contributed by atoms with E-state index >= 15 is 0 Å². The van der Waals surface area contributed by atoms with Crippen LogP contribution in [0.25, 0.3) is 10.1 Å². The molecule has 0 aliphatic rings. The minimum absolute atomic E-state index is 0.729. The molecule has 0 aliphatic heterocycles. The van der Waals surface area contributed by atoms with Crippen LogP contribution in [0.4, 0.5) is 17.2 Å². The predicted octanol–water partition coefficient (Wildman–Crippen LogP) is 3.95. The van der Waals surface area contributed by atoms with Crippen LogP contribution in [0, 0.1) is 6.92 Å². The van der Waals surface area contributed by atoms with Gasteiger partial charge in [-0.2, -0.15) is 0 Å². The van der Waals surface area contributed by atoms with Crippen LogP contribution in [0.3, 0.4) is 0 Å². The highest BCUT2D eigenvalue weighted by Crippen LogP contribution is 2.35. The van der Waals surface area contributed by atoms with Crippen LogP contribution < -0.4 is 10.6 Å². The second-order valence-corrected chi connectivity index (χ2v) is 5.49. The van der Waals surface area contributed by atoms with Crippen molar-refractivity contribution in [2.75, 3.05) is 17.7 Å². The number of aryl methyl sites for hydroxylation is 1. The molecule has 0 fully saturated rings. The van der Waals surface area contributed by atoms with Crippen molar-refractivity contribution in [3.63, 3.8) is 0 Å². The molecule has 4 heteroatoms. The van der Waals surface area contributed by atoms with Crippen LogP contribution in [0.1, 0.15) is 5.56 Å². The average molecular weight is 269 g/mol. The number of hydrogen-bond acceptors (Lipinski definition) is 4. The van der Waals surface area contributed by atoms with Gasteiger partial charge in [0.25, 0.3) is 0 Å². The van der Waals surface area contributed by atoms with Gasteiger partial charge in [0.1, 0.15) is 5.82 Å². The molecule has 0 radical (unpaired) electrons. The summed E-state index contributed by atoms with van der Waals surface area (Å²) in [7, 11) is 2.03. The molecule has 96 valence electrons. The number of rotatable bonds is 2. The van der Waals surface area contributed by atoms with E-state index < -0.39 is 0 Å². The zero-order valence-corrected chi connectivity index (χ0v) is 11.7. The third-order valence-corrected chi connectivity index (χ3v) is 4.25. The lowest BCUT2D eigenvalue weighted by atomic mass is 10.2. The fraction of sp³-hybridized carbons (Fsp3) is 0.133. The Morgan fingerprint density at radius 1 is 1.26 bits per heavy atom. The summed E-state index contributed by atoms with van der Waals surface area (Å²) in [6.07, 6.45) is 1.72. The maximum Gasteiger partial charge on any atom is 0.133 e. The highest BCUT2D eigenvalue weighted by atomic mass is 32.1. The maximum absolute atomic E-state index is 5.82. The molecule has 2 N–H and O–H groups in total. The standard InChI is InChI=1S/C15H15N3S/c1-10-7-15(17-8-12(10)16)18(2)13-9-19-14-6-4-3-5-11(13)14/h3-9H,16H2,1-2H3. The third-order valence-electron chi connectivity index (χ3n) is 3.30. The molecule has 0 amide bonds. The van der Waals surface area contributed by atoms with E-state index in [4.69, 9.17) is 5.73 Å². The Labute approximate surface area is 116 Å². The summed E-state index contributed by atoms with van der Waals surface area (Å²) in [6, 6.07) is 10.4. The number of anilines is 3. The summed E-state index contributed by atoms with van der Waals surface area (Å²) < 4.78 is 1.29. The number of pyridine rings is 1. The number of nitrogens with two attached hydrogens (primary N) is 1.